The van der Waals surface area contributed by atoms with Crippen LogP contribution < -0.4 is 10.6 Å². The van der Waals surface area contributed by atoms with E-state index in [0.29, 0.717) is 19.2 Å². The lowest BCUT2D eigenvalue weighted by atomic mass is 10.0. The quantitative estimate of drug-likeness (QED) is 0.755. The summed E-state index contributed by atoms with van der Waals surface area (Å²) in [5.74, 6) is 0.188. The van der Waals surface area contributed by atoms with Crippen molar-refractivity contribution in [3.8, 4) is 0 Å². The summed E-state index contributed by atoms with van der Waals surface area (Å²) >= 11 is 0. The van der Waals surface area contributed by atoms with Gasteiger partial charge in [-0.3, -0.25) is 9.69 Å². The van der Waals surface area contributed by atoms with Crippen LogP contribution in [-0.4, -0.2) is 61.8 Å². The molecule has 0 aromatic heterocycles. The molecule has 0 aromatic carbocycles. The second-order valence-electron chi connectivity index (χ2n) is 5.89. The van der Waals surface area contributed by atoms with Crippen LogP contribution in [0.15, 0.2) is 0 Å². The number of carbonyl (C=O) groups excluding carboxylic acids is 1. The number of rotatable bonds is 6. The smallest absolute Gasteiger partial charge is 0.237 e. The standard InChI is InChI=1S/C15H29N3O2/c1-3-20-12(2)11-17-15(19)14-5-4-10-18(14)13-6-8-16-9-7-13/h12-14,16H,3-11H2,1-2H3,(H,17,19). The monoisotopic (exact) mass is 283 g/mol. The highest BCUT2D eigenvalue weighted by atomic mass is 16.5. The first kappa shape index (κ1) is 15.7. The first-order chi connectivity index (χ1) is 9.72. The van der Waals surface area contributed by atoms with E-state index in [4.69, 9.17) is 4.74 Å². The van der Waals surface area contributed by atoms with Gasteiger partial charge in [-0.1, -0.05) is 0 Å². The van der Waals surface area contributed by atoms with Gasteiger partial charge in [-0.05, 0) is 59.2 Å². The zero-order valence-electron chi connectivity index (χ0n) is 12.9. The molecule has 20 heavy (non-hydrogen) atoms. The van der Waals surface area contributed by atoms with Gasteiger partial charge in [0, 0.05) is 19.2 Å². The Balaban J connectivity index is 1.81. The van der Waals surface area contributed by atoms with Crippen molar-refractivity contribution in [3.63, 3.8) is 0 Å². The Kier molecular flexibility index (Phi) is 6.26. The number of carbonyl (C=O) groups is 1. The Bertz CT molecular complexity index is 305. The molecule has 0 bridgehead atoms. The van der Waals surface area contributed by atoms with Gasteiger partial charge < -0.3 is 15.4 Å². The molecule has 2 N–H and O–H groups in total. The summed E-state index contributed by atoms with van der Waals surface area (Å²) in [5, 5.41) is 6.45. The van der Waals surface area contributed by atoms with Crippen LogP contribution in [0.25, 0.3) is 0 Å². The highest BCUT2D eigenvalue weighted by Gasteiger charge is 2.35. The lowest BCUT2D eigenvalue weighted by molar-refractivity contribution is -0.127. The molecule has 2 saturated heterocycles. The largest absolute Gasteiger partial charge is 0.377 e. The van der Waals surface area contributed by atoms with Gasteiger partial charge in [-0.25, -0.2) is 0 Å². The van der Waals surface area contributed by atoms with Crippen molar-refractivity contribution >= 4 is 5.91 Å². The molecule has 2 aliphatic rings. The lowest BCUT2D eigenvalue weighted by Gasteiger charge is -2.35. The minimum atomic E-state index is 0.0759. The molecule has 0 spiro atoms. The van der Waals surface area contributed by atoms with Crippen LogP contribution in [0.2, 0.25) is 0 Å². The summed E-state index contributed by atoms with van der Waals surface area (Å²) in [6.07, 6.45) is 4.57. The molecule has 5 nitrogen and oxygen atoms in total. The molecule has 116 valence electrons. The summed E-state index contributed by atoms with van der Waals surface area (Å²) in [5.41, 5.74) is 0. The van der Waals surface area contributed by atoms with Crippen LogP contribution in [0.3, 0.4) is 0 Å². The fourth-order valence-electron chi connectivity index (χ4n) is 3.35. The van der Waals surface area contributed by atoms with E-state index in [1.54, 1.807) is 0 Å². The van der Waals surface area contributed by atoms with E-state index in [9.17, 15) is 4.79 Å². The Labute approximate surface area is 122 Å². The van der Waals surface area contributed by atoms with Gasteiger partial charge in [-0.15, -0.1) is 0 Å². The number of likely N-dealkylation sites (tertiary alicyclic amines) is 1. The molecule has 2 fully saturated rings. The maximum atomic E-state index is 12.4. The summed E-state index contributed by atoms with van der Waals surface area (Å²) < 4.78 is 5.46. The molecule has 2 heterocycles. The maximum Gasteiger partial charge on any atom is 0.237 e. The fraction of sp³-hybridized carbons (Fsp3) is 0.933. The van der Waals surface area contributed by atoms with Crippen molar-refractivity contribution < 1.29 is 9.53 Å². The van der Waals surface area contributed by atoms with Crippen LogP contribution in [0.1, 0.15) is 39.5 Å². The molecule has 2 rings (SSSR count). The number of amides is 1. The van der Waals surface area contributed by atoms with E-state index >= 15 is 0 Å². The molecule has 2 unspecified atom stereocenters. The Morgan fingerprint density at radius 2 is 2.15 bits per heavy atom. The van der Waals surface area contributed by atoms with Gasteiger partial charge in [0.05, 0.1) is 12.1 Å². The van der Waals surface area contributed by atoms with Crippen molar-refractivity contribution in [3.05, 3.63) is 0 Å². The third-order valence-electron chi connectivity index (χ3n) is 4.39. The minimum Gasteiger partial charge on any atom is -0.377 e. The SMILES string of the molecule is CCOC(C)CNC(=O)C1CCCN1C1CCNCC1. The Morgan fingerprint density at radius 3 is 2.85 bits per heavy atom. The Morgan fingerprint density at radius 1 is 1.40 bits per heavy atom. The number of nitrogens with zero attached hydrogens (tertiary/aromatic N) is 1. The fourth-order valence-corrected chi connectivity index (χ4v) is 3.35. The number of ether oxygens (including phenoxy) is 1. The van der Waals surface area contributed by atoms with Crippen molar-refractivity contribution in [1.82, 2.24) is 15.5 Å². The van der Waals surface area contributed by atoms with E-state index in [0.717, 1.165) is 32.5 Å². The van der Waals surface area contributed by atoms with Gasteiger partial charge in [0.1, 0.15) is 0 Å². The first-order valence-corrected chi connectivity index (χ1v) is 8.08. The van der Waals surface area contributed by atoms with Gasteiger partial charge in [0.2, 0.25) is 5.91 Å². The summed E-state index contributed by atoms with van der Waals surface area (Å²) in [6.45, 7) is 8.53. The average molecular weight is 283 g/mol. The zero-order valence-corrected chi connectivity index (χ0v) is 12.9. The van der Waals surface area contributed by atoms with E-state index in [1.807, 2.05) is 13.8 Å². The van der Waals surface area contributed by atoms with E-state index in [2.05, 4.69) is 15.5 Å². The second kappa shape index (κ2) is 7.96. The molecular formula is C15H29N3O2. The van der Waals surface area contributed by atoms with Gasteiger partial charge >= 0.3 is 0 Å². The second-order valence-corrected chi connectivity index (χ2v) is 5.89. The minimum absolute atomic E-state index is 0.0759. The predicted molar refractivity (Wildman–Crippen MR) is 79.7 cm³/mol. The van der Waals surface area contributed by atoms with Crippen molar-refractivity contribution in [2.24, 2.45) is 0 Å². The van der Waals surface area contributed by atoms with Crippen LogP contribution in [0.4, 0.5) is 0 Å². The number of hydrogen-bond donors (Lipinski definition) is 2. The molecule has 0 radical (unpaired) electrons. The van der Waals surface area contributed by atoms with E-state index in [-0.39, 0.29) is 18.1 Å². The number of hydrogen-bond acceptors (Lipinski definition) is 4. The van der Waals surface area contributed by atoms with E-state index in [1.165, 1.54) is 12.8 Å². The molecule has 0 saturated carbocycles. The predicted octanol–water partition coefficient (Wildman–Crippen LogP) is 0.744. The summed E-state index contributed by atoms with van der Waals surface area (Å²) in [7, 11) is 0. The van der Waals surface area contributed by atoms with Crippen LogP contribution in [-0.2, 0) is 9.53 Å². The number of nitrogens with one attached hydrogen (secondary N) is 2. The number of piperidine rings is 1. The van der Waals surface area contributed by atoms with Crippen LogP contribution >= 0.6 is 0 Å². The molecule has 5 heteroatoms. The highest BCUT2D eigenvalue weighted by Crippen LogP contribution is 2.24. The molecule has 0 aromatic rings. The van der Waals surface area contributed by atoms with Crippen molar-refractivity contribution in [2.45, 2.75) is 57.7 Å². The van der Waals surface area contributed by atoms with Gasteiger partial charge in [0.25, 0.3) is 0 Å². The first-order valence-electron chi connectivity index (χ1n) is 8.08. The molecule has 2 aliphatic heterocycles. The molecular weight excluding hydrogens is 254 g/mol. The maximum absolute atomic E-state index is 12.4. The molecule has 0 aliphatic carbocycles. The molecule has 2 atom stereocenters. The van der Waals surface area contributed by atoms with Gasteiger partial charge in [0.15, 0.2) is 0 Å². The molecule has 1 amide bonds. The van der Waals surface area contributed by atoms with Crippen molar-refractivity contribution in [1.29, 1.82) is 0 Å². The highest BCUT2D eigenvalue weighted by molar-refractivity contribution is 5.82. The lowest BCUT2D eigenvalue weighted by Crippen LogP contribution is -2.51. The van der Waals surface area contributed by atoms with Gasteiger partial charge in [-0.2, -0.15) is 0 Å². The van der Waals surface area contributed by atoms with Crippen LogP contribution in [0, 0.1) is 0 Å². The third-order valence-corrected chi connectivity index (χ3v) is 4.39. The van der Waals surface area contributed by atoms with E-state index < -0.39 is 0 Å². The average Bonchev–Trinajstić information content (AvgIpc) is 2.95. The summed E-state index contributed by atoms with van der Waals surface area (Å²) in [4.78, 5) is 14.8. The summed E-state index contributed by atoms with van der Waals surface area (Å²) in [6, 6.07) is 0.658. The zero-order chi connectivity index (χ0) is 14.4. The Hall–Kier alpha value is -0.650. The normalized spacial score (nSPS) is 26.6. The van der Waals surface area contributed by atoms with Crippen LogP contribution in [0.5, 0.6) is 0 Å². The third kappa shape index (κ3) is 4.17. The van der Waals surface area contributed by atoms with Crippen molar-refractivity contribution in [2.75, 3.05) is 32.8 Å². The topological polar surface area (TPSA) is 53.6 Å².